The van der Waals surface area contributed by atoms with Gasteiger partial charge < -0.3 is 13.9 Å². The highest BCUT2D eigenvalue weighted by atomic mass is 32.2. The molecule has 2 aliphatic rings. The van der Waals surface area contributed by atoms with Crippen LogP contribution in [0.15, 0.2) is 68.0 Å². The molecule has 1 amide bonds. The van der Waals surface area contributed by atoms with Crippen molar-refractivity contribution in [1.29, 1.82) is 0 Å². The van der Waals surface area contributed by atoms with Crippen LogP contribution in [0.1, 0.15) is 22.2 Å². The molecular weight excluding hydrogens is 480 g/mol. The Hall–Kier alpha value is -3.15. The molecule has 0 unspecified atom stereocenters. The van der Waals surface area contributed by atoms with E-state index < -0.39 is 0 Å². The lowest BCUT2D eigenvalue weighted by Crippen LogP contribution is -2.28. The average molecular weight is 497 g/mol. The highest BCUT2D eigenvalue weighted by Crippen LogP contribution is 2.38. The molecule has 6 rings (SSSR count). The van der Waals surface area contributed by atoms with Crippen LogP contribution in [0.25, 0.3) is 11.5 Å². The summed E-state index contributed by atoms with van der Waals surface area (Å²) >= 11 is 4.47. The van der Waals surface area contributed by atoms with Crippen molar-refractivity contribution in [1.82, 2.24) is 15.2 Å². The summed E-state index contributed by atoms with van der Waals surface area (Å²) in [4.78, 5) is 15.3. The maximum absolute atomic E-state index is 13.1. The van der Waals surface area contributed by atoms with Crippen LogP contribution >= 0.6 is 34.4 Å². The van der Waals surface area contributed by atoms with Gasteiger partial charge in [0.25, 0.3) is 11.1 Å². The van der Waals surface area contributed by atoms with E-state index in [0.717, 1.165) is 21.0 Å². The van der Waals surface area contributed by atoms with E-state index in [-0.39, 0.29) is 24.5 Å². The van der Waals surface area contributed by atoms with Gasteiger partial charge >= 0.3 is 0 Å². The van der Waals surface area contributed by atoms with Gasteiger partial charge in [0.1, 0.15) is 0 Å². The molecule has 0 N–H and O–H groups in total. The second-order valence-corrected chi connectivity index (χ2v) is 10.1. The number of amides is 1. The van der Waals surface area contributed by atoms with E-state index in [1.165, 1.54) is 11.8 Å². The molecular formula is C22H16N4O4S3. The van der Waals surface area contributed by atoms with Crippen LogP contribution in [0.4, 0.5) is 0 Å². The van der Waals surface area contributed by atoms with Crippen molar-refractivity contribution >= 4 is 46.1 Å². The molecule has 1 atom stereocenters. The monoisotopic (exact) mass is 496 g/mol. The van der Waals surface area contributed by atoms with E-state index in [1.54, 1.807) is 39.8 Å². The van der Waals surface area contributed by atoms with Crippen molar-refractivity contribution in [2.24, 2.45) is 5.10 Å². The standard InChI is InChI=1S/C22H16N4O4S3/c27-20(26-15(19-4-2-8-32-19)10-14(25-26)18-3-1-7-31-18)11-33-22-24-23-21(30-22)13-5-6-16-17(9-13)29-12-28-16/h1-9,15H,10-12H2/t15-/m0/s1. The molecule has 5 heterocycles. The van der Waals surface area contributed by atoms with Crippen LogP contribution < -0.4 is 9.47 Å². The molecule has 0 saturated carbocycles. The minimum absolute atomic E-state index is 0.0953. The normalized spacial score (nSPS) is 16.9. The van der Waals surface area contributed by atoms with Gasteiger partial charge in [-0.2, -0.15) is 5.10 Å². The summed E-state index contributed by atoms with van der Waals surface area (Å²) in [5, 5.41) is 18.8. The number of hydrogen-bond donors (Lipinski definition) is 0. The molecule has 166 valence electrons. The second kappa shape index (κ2) is 8.65. The number of aromatic nitrogens is 2. The molecule has 0 spiro atoms. The van der Waals surface area contributed by atoms with Gasteiger partial charge in [-0.15, -0.1) is 32.9 Å². The van der Waals surface area contributed by atoms with E-state index in [9.17, 15) is 4.79 Å². The first-order valence-electron chi connectivity index (χ1n) is 10.1. The van der Waals surface area contributed by atoms with Crippen LogP contribution in [-0.4, -0.2) is 39.4 Å². The fourth-order valence-corrected chi connectivity index (χ4v) is 5.79. The fraction of sp³-hybridized carbons (Fsp3) is 0.182. The Bertz CT molecular complexity index is 1320. The van der Waals surface area contributed by atoms with Crippen LogP contribution in [-0.2, 0) is 4.79 Å². The van der Waals surface area contributed by atoms with Crippen LogP contribution in [0.3, 0.4) is 0 Å². The van der Waals surface area contributed by atoms with Crippen LogP contribution in [0.2, 0.25) is 0 Å². The zero-order valence-electron chi connectivity index (χ0n) is 17.0. The first kappa shape index (κ1) is 20.5. The van der Waals surface area contributed by atoms with Crippen molar-refractivity contribution in [2.75, 3.05) is 12.5 Å². The number of carbonyl (C=O) groups excluding carboxylic acids is 1. The third-order valence-electron chi connectivity index (χ3n) is 5.19. The molecule has 33 heavy (non-hydrogen) atoms. The highest BCUT2D eigenvalue weighted by molar-refractivity contribution is 7.99. The van der Waals surface area contributed by atoms with Gasteiger partial charge in [0.2, 0.25) is 12.7 Å². The molecule has 0 bridgehead atoms. The van der Waals surface area contributed by atoms with Gasteiger partial charge in [-0.1, -0.05) is 23.9 Å². The van der Waals surface area contributed by atoms with E-state index in [4.69, 9.17) is 13.9 Å². The number of hydrazone groups is 1. The van der Waals surface area contributed by atoms with Crippen LogP contribution in [0, 0.1) is 0 Å². The molecule has 2 aliphatic heterocycles. The van der Waals surface area contributed by atoms with Crippen molar-refractivity contribution in [2.45, 2.75) is 17.7 Å². The van der Waals surface area contributed by atoms with Crippen molar-refractivity contribution in [3.05, 3.63) is 63.0 Å². The first-order chi connectivity index (χ1) is 16.2. The van der Waals surface area contributed by atoms with E-state index >= 15 is 0 Å². The van der Waals surface area contributed by atoms with Gasteiger partial charge in [0.05, 0.1) is 22.4 Å². The number of rotatable bonds is 6. The number of hydrogen-bond acceptors (Lipinski definition) is 10. The van der Waals surface area contributed by atoms with Gasteiger partial charge in [-0.3, -0.25) is 4.79 Å². The summed E-state index contributed by atoms with van der Waals surface area (Å²) in [7, 11) is 0. The molecule has 8 nitrogen and oxygen atoms in total. The first-order valence-corrected chi connectivity index (χ1v) is 12.8. The summed E-state index contributed by atoms with van der Waals surface area (Å²) in [6, 6.07) is 13.4. The molecule has 1 aromatic carbocycles. The lowest BCUT2D eigenvalue weighted by Gasteiger charge is -2.20. The van der Waals surface area contributed by atoms with Crippen molar-refractivity contribution in [3.8, 4) is 23.0 Å². The zero-order valence-corrected chi connectivity index (χ0v) is 19.5. The minimum Gasteiger partial charge on any atom is -0.454 e. The van der Waals surface area contributed by atoms with E-state index in [2.05, 4.69) is 15.3 Å². The summed E-state index contributed by atoms with van der Waals surface area (Å²) < 4.78 is 16.5. The van der Waals surface area contributed by atoms with Gasteiger partial charge in [-0.25, -0.2) is 5.01 Å². The Morgan fingerprint density at radius 1 is 1.09 bits per heavy atom. The molecule has 0 aliphatic carbocycles. The van der Waals surface area contributed by atoms with Gasteiger partial charge in [-0.05, 0) is 41.1 Å². The Morgan fingerprint density at radius 2 is 1.97 bits per heavy atom. The molecule has 3 aromatic heterocycles. The topological polar surface area (TPSA) is 90.0 Å². The Balaban J connectivity index is 1.17. The predicted octanol–water partition coefficient (Wildman–Crippen LogP) is 5.06. The maximum Gasteiger partial charge on any atom is 0.277 e. The molecule has 0 radical (unpaired) electrons. The summed E-state index contributed by atoms with van der Waals surface area (Å²) in [6.07, 6.45) is 0.701. The molecule has 11 heteroatoms. The summed E-state index contributed by atoms with van der Waals surface area (Å²) in [5.41, 5.74) is 1.66. The number of fused-ring (bicyclic) bond motifs is 1. The average Bonchev–Trinajstić information content (AvgIpc) is 3.67. The maximum atomic E-state index is 13.1. The smallest absolute Gasteiger partial charge is 0.277 e. The Labute approximate surface area is 200 Å². The number of benzene rings is 1. The third-order valence-corrected chi connectivity index (χ3v) is 7.88. The van der Waals surface area contributed by atoms with Crippen molar-refractivity contribution < 1.29 is 18.7 Å². The van der Waals surface area contributed by atoms with E-state index in [1.807, 2.05) is 41.1 Å². The lowest BCUT2D eigenvalue weighted by molar-refractivity contribution is -0.130. The van der Waals surface area contributed by atoms with Crippen molar-refractivity contribution in [3.63, 3.8) is 0 Å². The fourth-order valence-electron chi connectivity index (χ4n) is 3.64. The minimum atomic E-state index is -0.104. The lowest BCUT2D eigenvalue weighted by atomic mass is 10.1. The van der Waals surface area contributed by atoms with Crippen LogP contribution in [0.5, 0.6) is 11.5 Å². The number of ether oxygens (including phenoxy) is 2. The molecule has 0 saturated heterocycles. The second-order valence-electron chi connectivity index (χ2n) is 7.23. The van der Waals surface area contributed by atoms with Gasteiger partial charge in [0, 0.05) is 16.9 Å². The van der Waals surface area contributed by atoms with Gasteiger partial charge in [0.15, 0.2) is 11.5 Å². The number of thiophene rings is 2. The number of thioether (sulfide) groups is 1. The molecule has 4 aromatic rings. The Kier molecular flexibility index (Phi) is 5.36. The highest BCUT2D eigenvalue weighted by Gasteiger charge is 2.34. The summed E-state index contributed by atoms with van der Waals surface area (Å²) in [5.74, 6) is 1.73. The zero-order chi connectivity index (χ0) is 22.2. The number of nitrogens with zero attached hydrogens (tertiary/aromatic N) is 4. The third kappa shape index (κ3) is 4.03. The Morgan fingerprint density at radius 3 is 2.82 bits per heavy atom. The summed E-state index contributed by atoms with van der Waals surface area (Å²) in [6.45, 7) is 0.200. The van der Waals surface area contributed by atoms with E-state index in [0.29, 0.717) is 29.0 Å². The largest absolute Gasteiger partial charge is 0.454 e. The molecule has 0 fully saturated rings. The predicted molar refractivity (Wildman–Crippen MR) is 126 cm³/mol. The number of carbonyl (C=O) groups is 1. The quantitative estimate of drug-likeness (QED) is 0.345. The SMILES string of the molecule is O=C(CSc1nnc(-c2ccc3c(c2)OCO3)o1)N1N=C(c2cccs2)C[C@H]1c1cccs1.